The average Bonchev–Trinajstić information content (AvgIpc) is 2.35. The van der Waals surface area contributed by atoms with Crippen LogP contribution in [0.1, 0.15) is 10.4 Å². The van der Waals surface area contributed by atoms with Crippen LogP contribution in [0.2, 0.25) is 0 Å². The van der Waals surface area contributed by atoms with Crippen molar-refractivity contribution in [1.29, 1.82) is 0 Å². The van der Waals surface area contributed by atoms with Crippen molar-refractivity contribution >= 4 is 23.7 Å². The number of amides is 2. The first kappa shape index (κ1) is 14.3. The SMILES string of the molecule is COC(=O)CNC(=O)Nc1ccc(C(=O)O)c(O)c1. The highest BCUT2D eigenvalue weighted by Gasteiger charge is 2.11. The van der Waals surface area contributed by atoms with Gasteiger partial charge in [-0.25, -0.2) is 9.59 Å². The van der Waals surface area contributed by atoms with Gasteiger partial charge in [0.25, 0.3) is 0 Å². The van der Waals surface area contributed by atoms with Crippen molar-refractivity contribution in [3.8, 4) is 5.75 Å². The first-order valence-electron chi connectivity index (χ1n) is 5.12. The number of carbonyl (C=O) groups excluding carboxylic acids is 2. The van der Waals surface area contributed by atoms with Crippen LogP contribution in [0, 0.1) is 0 Å². The molecule has 8 nitrogen and oxygen atoms in total. The summed E-state index contributed by atoms with van der Waals surface area (Å²) < 4.78 is 4.33. The monoisotopic (exact) mass is 268 g/mol. The number of carboxylic acids is 1. The molecule has 0 fully saturated rings. The molecule has 8 heteroatoms. The molecule has 0 saturated carbocycles. The molecule has 2 amide bonds. The highest BCUT2D eigenvalue weighted by atomic mass is 16.5. The topological polar surface area (TPSA) is 125 Å². The minimum atomic E-state index is -1.28. The fraction of sp³-hybridized carbons (Fsp3) is 0.182. The predicted molar refractivity (Wildman–Crippen MR) is 64.1 cm³/mol. The number of carboxylic acid groups (broad SMARTS) is 1. The number of benzene rings is 1. The number of hydrogen-bond acceptors (Lipinski definition) is 5. The standard InChI is InChI=1S/C11H12N2O6/c1-19-9(15)5-12-11(18)13-6-2-3-7(10(16)17)8(14)4-6/h2-4,14H,5H2,1H3,(H,16,17)(H2,12,13,18). The number of aromatic carboxylic acids is 1. The van der Waals surface area contributed by atoms with Gasteiger partial charge in [-0.05, 0) is 12.1 Å². The van der Waals surface area contributed by atoms with Gasteiger partial charge in [-0.15, -0.1) is 0 Å². The van der Waals surface area contributed by atoms with Gasteiger partial charge in [0.15, 0.2) is 0 Å². The molecule has 0 aromatic heterocycles. The Balaban J connectivity index is 2.63. The van der Waals surface area contributed by atoms with Crippen LogP contribution in [0.15, 0.2) is 18.2 Å². The number of carbonyl (C=O) groups is 3. The molecule has 19 heavy (non-hydrogen) atoms. The number of esters is 1. The van der Waals surface area contributed by atoms with E-state index in [4.69, 9.17) is 5.11 Å². The molecule has 0 heterocycles. The third-order valence-corrected chi connectivity index (χ3v) is 2.11. The lowest BCUT2D eigenvalue weighted by Gasteiger charge is -2.08. The van der Waals surface area contributed by atoms with E-state index in [0.717, 1.165) is 12.1 Å². The molecule has 0 atom stereocenters. The Morgan fingerprint density at radius 1 is 1.32 bits per heavy atom. The summed E-state index contributed by atoms with van der Waals surface area (Å²) in [5.41, 5.74) is -0.0922. The van der Waals surface area contributed by atoms with E-state index < -0.39 is 23.7 Å². The minimum Gasteiger partial charge on any atom is -0.507 e. The van der Waals surface area contributed by atoms with Crippen LogP contribution >= 0.6 is 0 Å². The van der Waals surface area contributed by atoms with E-state index in [-0.39, 0.29) is 17.8 Å². The van der Waals surface area contributed by atoms with Crippen LogP contribution < -0.4 is 10.6 Å². The molecule has 0 aliphatic rings. The van der Waals surface area contributed by atoms with Gasteiger partial charge in [0.2, 0.25) is 0 Å². The smallest absolute Gasteiger partial charge is 0.339 e. The zero-order valence-corrected chi connectivity index (χ0v) is 9.97. The number of anilines is 1. The van der Waals surface area contributed by atoms with Gasteiger partial charge >= 0.3 is 18.0 Å². The van der Waals surface area contributed by atoms with E-state index >= 15 is 0 Å². The van der Waals surface area contributed by atoms with Gasteiger partial charge in [0.05, 0.1) is 7.11 Å². The Hall–Kier alpha value is -2.77. The first-order valence-corrected chi connectivity index (χ1v) is 5.12. The largest absolute Gasteiger partial charge is 0.507 e. The van der Waals surface area contributed by atoms with Crippen molar-refractivity contribution < 1.29 is 29.3 Å². The molecule has 0 saturated heterocycles. The number of rotatable bonds is 4. The minimum absolute atomic E-state index is 0.185. The van der Waals surface area contributed by atoms with Crippen LogP contribution in [-0.2, 0) is 9.53 Å². The molecule has 1 aromatic carbocycles. The molecule has 0 spiro atoms. The van der Waals surface area contributed by atoms with Gasteiger partial charge in [0, 0.05) is 11.8 Å². The fourth-order valence-electron chi connectivity index (χ4n) is 1.19. The molecule has 4 N–H and O–H groups in total. The quantitative estimate of drug-likeness (QED) is 0.585. The second-order valence-corrected chi connectivity index (χ2v) is 3.42. The Bertz CT molecular complexity index is 514. The summed E-state index contributed by atoms with van der Waals surface area (Å²) >= 11 is 0. The Labute approximate surface area is 108 Å². The number of methoxy groups -OCH3 is 1. The molecule has 0 bridgehead atoms. The predicted octanol–water partition coefficient (Wildman–Crippen LogP) is 0.385. The number of urea groups is 1. The molecular formula is C11H12N2O6. The van der Waals surface area contributed by atoms with Crippen molar-refractivity contribution in [2.45, 2.75) is 0 Å². The van der Waals surface area contributed by atoms with Crippen LogP contribution in [0.3, 0.4) is 0 Å². The van der Waals surface area contributed by atoms with Crippen molar-refractivity contribution in [2.75, 3.05) is 19.0 Å². The van der Waals surface area contributed by atoms with E-state index in [0.29, 0.717) is 0 Å². The lowest BCUT2D eigenvalue weighted by Crippen LogP contribution is -2.33. The maximum atomic E-state index is 11.3. The normalized spacial score (nSPS) is 9.53. The molecule has 0 aliphatic carbocycles. The van der Waals surface area contributed by atoms with Crippen molar-refractivity contribution in [3.63, 3.8) is 0 Å². The van der Waals surface area contributed by atoms with Crippen LogP contribution in [0.25, 0.3) is 0 Å². The fourth-order valence-corrected chi connectivity index (χ4v) is 1.19. The number of aromatic hydroxyl groups is 1. The van der Waals surface area contributed by atoms with E-state index in [1.54, 1.807) is 0 Å². The second-order valence-electron chi connectivity index (χ2n) is 3.42. The molecule has 1 aromatic rings. The maximum Gasteiger partial charge on any atom is 0.339 e. The van der Waals surface area contributed by atoms with Crippen molar-refractivity contribution in [1.82, 2.24) is 5.32 Å². The summed E-state index contributed by atoms with van der Waals surface area (Å²) in [6.07, 6.45) is 0. The first-order chi connectivity index (χ1) is 8.93. The summed E-state index contributed by atoms with van der Waals surface area (Å²) in [6, 6.07) is 2.85. The third kappa shape index (κ3) is 4.19. The summed E-state index contributed by atoms with van der Waals surface area (Å²) in [6.45, 7) is -0.304. The third-order valence-electron chi connectivity index (χ3n) is 2.11. The van der Waals surface area contributed by atoms with Gasteiger partial charge in [-0.2, -0.15) is 0 Å². The van der Waals surface area contributed by atoms with Gasteiger partial charge in [0.1, 0.15) is 17.9 Å². The van der Waals surface area contributed by atoms with Gasteiger partial charge < -0.3 is 25.6 Å². The Morgan fingerprint density at radius 3 is 2.53 bits per heavy atom. The highest BCUT2D eigenvalue weighted by Crippen LogP contribution is 2.21. The number of ether oxygens (including phenoxy) is 1. The summed E-state index contributed by atoms with van der Waals surface area (Å²) in [4.78, 5) is 32.8. The van der Waals surface area contributed by atoms with Crippen LogP contribution in [0.4, 0.5) is 10.5 Å². The van der Waals surface area contributed by atoms with Crippen LogP contribution in [0.5, 0.6) is 5.75 Å². The zero-order chi connectivity index (χ0) is 14.4. The summed E-state index contributed by atoms with van der Waals surface area (Å²) in [5.74, 6) is -2.36. The lowest BCUT2D eigenvalue weighted by atomic mass is 10.2. The van der Waals surface area contributed by atoms with E-state index in [9.17, 15) is 19.5 Å². The number of phenols is 1. The molecular weight excluding hydrogens is 256 g/mol. The second kappa shape index (κ2) is 6.24. The number of nitrogens with one attached hydrogen (secondary N) is 2. The Kier molecular flexibility index (Phi) is 4.69. The Morgan fingerprint density at radius 2 is 2.00 bits per heavy atom. The molecule has 0 unspecified atom stereocenters. The highest BCUT2D eigenvalue weighted by molar-refractivity contribution is 5.94. The lowest BCUT2D eigenvalue weighted by molar-refractivity contribution is -0.139. The average molecular weight is 268 g/mol. The van der Waals surface area contributed by atoms with Crippen LogP contribution in [-0.4, -0.2) is 41.8 Å². The summed E-state index contributed by atoms with van der Waals surface area (Å²) in [5, 5.41) is 22.6. The zero-order valence-electron chi connectivity index (χ0n) is 9.97. The van der Waals surface area contributed by atoms with E-state index in [1.165, 1.54) is 13.2 Å². The number of hydrogen-bond donors (Lipinski definition) is 4. The molecule has 1 rings (SSSR count). The molecule has 102 valence electrons. The van der Waals surface area contributed by atoms with Gasteiger partial charge in [-0.3, -0.25) is 4.79 Å². The van der Waals surface area contributed by atoms with Crippen molar-refractivity contribution in [3.05, 3.63) is 23.8 Å². The molecule has 0 radical (unpaired) electrons. The van der Waals surface area contributed by atoms with E-state index in [1.807, 2.05) is 0 Å². The summed E-state index contributed by atoms with van der Waals surface area (Å²) in [7, 11) is 1.19. The van der Waals surface area contributed by atoms with Crippen molar-refractivity contribution in [2.24, 2.45) is 0 Å². The van der Waals surface area contributed by atoms with E-state index in [2.05, 4.69) is 15.4 Å². The molecule has 0 aliphatic heterocycles. The maximum absolute atomic E-state index is 11.3. The van der Waals surface area contributed by atoms with Gasteiger partial charge in [-0.1, -0.05) is 0 Å².